The van der Waals surface area contributed by atoms with Crippen molar-refractivity contribution in [2.24, 2.45) is 5.92 Å². The average molecular weight is 324 g/mol. The van der Waals surface area contributed by atoms with E-state index >= 15 is 0 Å². The van der Waals surface area contributed by atoms with Crippen molar-refractivity contribution < 1.29 is 18.0 Å². The second kappa shape index (κ2) is 5.73. The van der Waals surface area contributed by atoms with Crippen molar-refractivity contribution in [1.29, 1.82) is 0 Å². The van der Waals surface area contributed by atoms with Crippen molar-refractivity contribution in [3.05, 3.63) is 34.3 Å². The molecule has 0 radical (unpaired) electrons. The van der Waals surface area contributed by atoms with Crippen LogP contribution in [0.5, 0.6) is 0 Å². The van der Waals surface area contributed by atoms with Gasteiger partial charge >= 0.3 is 6.18 Å². The van der Waals surface area contributed by atoms with E-state index in [9.17, 15) is 18.0 Å². The van der Waals surface area contributed by atoms with Gasteiger partial charge in [-0.2, -0.15) is 13.2 Å². The lowest BCUT2D eigenvalue weighted by Crippen LogP contribution is -2.38. The number of nitrogens with one attached hydrogen (secondary N) is 1. The zero-order valence-corrected chi connectivity index (χ0v) is 11.5. The predicted octanol–water partition coefficient (Wildman–Crippen LogP) is 3.82. The number of carbonyl (C=O) groups is 1. The van der Waals surface area contributed by atoms with Gasteiger partial charge in [-0.15, -0.1) is 0 Å². The average Bonchev–Trinajstić information content (AvgIpc) is 2.27. The molecule has 0 spiro atoms. The van der Waals surface area contributed by atoms with E-state index in [-0.39, 0.29) is 0 Å². The molecule has 6 heteroatoms. The first-order chi connectivity index (χ1) is 8.23. The van der Waals surface area contributed by atoms with Crippen molar-refractivity contribution >= 4 is 21.8 Å². The van der Waals surface area contributed by atoms with Crippen LogP contribution >= 0.6 is 15.9 Å². The molecule has 2 nitrogen and oxygen atoms in total. The third-order valence-corrected chi connectivity index (χ3v) is 3.34. The SMILES string of the molecule is C[C@H](C(=O)N[C@H](C)c1ccccc1Br)C(F)(F)F. The topological polar surface area (TPSA) is 29.1 Å². The van der Waals surface area contributed by atoms with Crippen LogP contribution in [-0.2, 0) is 4.79 Å². The van der Waals surface area contributed by atoms with E-state index in [2.05, 4.69) is 21.2 Å². The van der Waals surface area contributed by atoms with E-state index in [1.54, 1.807) is 31.2 Å². The van der Waals surface area contributed by atoms with Crippen molar-refractivity contribution in [1.82, 2.24) is 5.32 Å². The zero-order chi connectivity index (χ0) is 13.9. The lowest BCUT2D eigenvalue weighted by molar-refractivity contribution is -0.179. The molecule has 18 heavy (non-hydrogen) atoms. The van der Waals surface area contributed by atoms with Gasteiger partial charge in [0, 0.05) is 4.47 Å². The van der Waals surface area contributed by atoms with Gasteiger partial charge in [0.1, 0.15) is 5.92 Å². The molecule has 1 aromatic rings. The minimum Gasteiger partial charge on any atom is -0.349 e. The fourth-order valence-electron chi connectivity index (χ4n) is 1.39. The lowest BCUT2D eigenvalue weighted by Gasteiger charge is -2.20. The van der Waals surface area contributed by atoms with Gasteiger partial charge in [0.15, 0.2) is 0 Å². The number of halogens is 4. The Bertz CT molecular complexity index is 434. The van der Waals surface area contributed by atoms with Crippen LogP contribution in [0, 0.1) is 5.92 Å². The zero-order valence-electron chi connectivity index (χ0n) is 9.88. The molecule has 100 valence electrons. The molecule has 0 aliphatic rings. The molecule has 1 rings (SSSR count). The molecule has 0 unspecified atom stereocenters. The maximum atomic E-state index is 12.4. The molecular weight excluding hydrogens is 311 g/mol. The molecular formula is C12H13BrF3NO. The third kappa shape index (κ3) is 3.73. The first kappa shape index (κ1) is 15.0. The Balaban J connectivity index is 2.75. The van der Waals surface area contributed by atoms with Crippen LogP contribution in [0.15, 0.2) is 28.7 Å². The molecule has 0 bridgehead atoms. The Morgan fingerprint density at radius 3 is 2.33 bits per heavy atom. The second-order valence-electron chi connectivity index (χ2n) is 4.02. The maximum Gasteiger partial charge on any atom is 0.400 e. The van der Waals surface area contributed by atoms with Crippen molar-refractivity contribution in [3.63, 3.8) is 0 Å². The molecule has 0 fully saturated rings. The Morgan fingerprint density at radius 1 is 1.28 bits per heavy atom. The summed E-state index contributed by atoms with van der Waals surface area (Å²) in [5.41, 5.74) is 0.736. The van der Waals surface area contributed by atoms with Gasteiger partial charge < -0.3 is 5.32 Å². The van der Waals surface area contributed by atoms with Gasteiger partial charge in [-0.3, -0.25) is 4.79 Å². The highest BCUT2D eigenvalue weighted by atomic mass is 79.9. The molecule has 0 aliphatic carbocycles. The Labute approximate surface area is 112 Å². The summed E-state index contributed by atoms with van der Waals surface area (Å²) in [6, 6.07) is 6.58. The van der Waals surface area contributed by atoms with E-state index in [0.29, 0.717) is 0 Å². The lowest BCUT2D eigenvalue weighted by atomic mass is 10.1. The van der Waals surface area contributed by atoms with Crippen molar-refractivity contribution in [2.75, 3.05) is 0 Å². The van der Waals surface area contributed by atoms with E-state index < -0.39 is 24.0 Å². The summed E-state index contributed by atoms with van der Waals surface area (Å²) in [6.07, 6.45) is -4.52. The fourth-order valence-corrected chi connectivity index (χ4v) is 2.02. The van der Waals surface area contributed by atoms with Crippen molar-refractivity contribution in [3.8, 4) is 0 Å². The summed E-state index contributed by atoms with van der Waals surface area (Å²) in [5.74, 6) is -3.03. The van der Waals surface area contributed by atoms with Gasteiger partial charge in [-0.05, 0) is 25.5 Å². The van der Waals surface area contributed by atoms with E-state index in [1.165, 1.54) is 0 Å². The van der Waals surface area contributed by atoms with Crippen molar-refractivity contribution in [2.45, 2.75) is 26.1 Å². The number of amides is 1. The Morgan fingerprint density at radius 2 is 1.83 bits per heavy atom. The van der Waals surface area contributed by atoms with Crippen LogP contribution in [-0.4, -0.2) is 12.1 Å². The van der Waals surface area contributed by atoms with Crippen LogP contribution in [0.25, 0.3) is 0 Å². The summed E-state index contributed by atoms with van der Waals surface area (Å²) in [5, 5.41) is 2.35. The van der Waals surface area contributed by atoms with Crippen LogP contribution in [0.4, 0.5) is 13.2 Å². The summed E-state index contributed by atoms with van der Waals surface area (Å²) in [6.45, 7) is 2.49. The fraction of sp³-hybridized carbons (Fsp3) is 0.417. The molecule has 1 amide bonds. The van der Waals surface area contributed by atoms with E-state index in [0.717, 1.165) is 17.0 Å². The minimum absolute atomic E-state index is 0.488. The molecule has 1 aromatic carbocycles. The molecule has 0 aliphatic heterocycles. The second-order valence-corrected chi connectivity index (χ2v) is 4.87. The number of rotatable bonds is 3. The molecule has 0 saturated carbocycles. The van der Waals surface area contributed by atoms with Gasteiger partial charge in [0.2, 0.25) is 5.91 Å². The first-order valence-electron chi connectivity index (χ1n) is 5.35. The summed E-state index contributed by atoms with van der Waals surface area (Å²) >= 11 is 3.29. The third-order valence-electron chi connectivity index (χ3n) is 2.61. The molecule has 2 atom stereocenters. The van der Waals surface area contributed by atoms with Gasteiger partial charge in [-0.25, -0.2) is 0 Å². The van der Waals surface area contributed by atoms with Crippen LogP contribution < -0.4 is 5.32 Å². The smallest absolute Gasteiger partial charge is 0.349 e. The highest BCUT2D eigenvalue weighted by Gasteiger charge is 2.41. The molecule has 0 aromatic heterocycles. The standard InChI is InChI=1S/C12H13BrF3NO/c1-7(12(14,15)16)11(18)17-8(2)9-5-3-4-6-10(9)13/h3-8H,1-2H3,(H,17,18)/t7-,8-/m1/s1. The maximum absolute atomic E-state index is 12.4. The van der Waals surface area contributed by atoms with Crippen LogP contribution in [0.1, 0.15) is 25.5 Å². The van der Waals surface area contributed by atoms with Crippen LogP contribution in [0.2, 0.25) is 0 Å². The summed E-state index contributed by atoms with van der Waals surface area (Å²) in [4.78, 5) is 11.4. The van der Waals surface area contributed by atoms with Gasteiger partial charge in [0.05, 0.1) is 6.04 Å². The molecule has 0 saturated heterocycles. The van der Waals surface area contributed by atoms with Gasteiger partial charge in [0.25, 0.3) is 0 Å². The normalized spacial score (nSPS) is 15.0. The number of hydrogen-bond acceptors (Lipinski definition) is 1. The first-order valence-corrected chi connectivity index (χ1v) is 6.14. The number of alkyl halides is 3. The van der Waals surface area contributed by atoms with E-state index in [1.807, 2.05) is 0 Å². The summed E-state index contributed by atoms with van der Waals surface area (Å²) < 4.78 is 37.8. The molecule has 1 N–H and O–H groups in total. The highest BCUT2D eigenvalue weighted by Crippen LogP contribution is 2.27. The number of benzene rings is 1. The largest absolute Gasteiger partial charge is 0.400 e. The minimum atomic E-state index is -4.52. The quantitative estimate of drug-likeness (QED) is 0.900. The highest BCUT2D eigenvalue weighted by molar-refractivity contribution is 9.10. The van der Waals surface area contributed by atoms with Gasteiger partial charge in [-0.1, -0.05) is 34.1 Å². The summed E-state index contributed by atoms with van der Waals surface area (Å²) in [7, 11) is 0. The Hall–Kier alpha value is -1.04. The Kier molecular flexibility index (Phi) is 4.78. The van der Waals surface area contributed by atoms with Crippen LogP contribution in [0.3, 0.4) is 0 Å². The van der Waals surface area contributed by atoms with E-state index in [4.69, 9.17) is 0 Å². The number of hydrogen-bond donors (Lipinski definition) is 1. The molecule has 0 heterocycles. The monoisotopic (exact) mass is 323 g/mol. The number of carbonyl (C=O) groups excluding carboxylic acids is 1. The predicted molar refractivity (Wildman–Crippen MR) is 65.9 cm³/mol.